The van der Waals surface area contributed by atoms with E-state index < -0.39 is 0 Å². The summed E-state index contributed by atoms with van der Waals surface area (Å²) in [6.45, 7) is 1.94. The molecule has 2 aromatic heterocycles. The van der Waals surface area contributed by atoms with Gasteiger partial charge in [-0.1, -0.05) is 6.07 Å². The van der Waals surface area contributed by atoms with Gasteiger partial charge in [0.2, 0.25) is 0 Å². The predicted octanol–water partition coefficient (Wildman–Crippen LogP) is 1.92. The second-order valence-corrected chi connectivity index (χ2v) is 4.76. The Morgan fingerprint density at radius 2 is 2.33 bits per heavy atom. The van der Waals surface area contributed by atoms with Crippen LogP contribution in [0.15, 0.2) is 35.8 Å². The molecule has 4 N–H and O–H groups in total. The molecule has 0 radical (unpaired) electrons. The van der Waals surface area contributed by atoms with Crippen molar-refractivity contribution in [1.29, 1.82) is 0 Å². The number of pyridine rings is 1. The molecular weight excluding hydrogens is 248 g/mol. The normalized spacial score (nSPS) is 11.9. The molecule has 2 rings (SSSR count). The van der Waals surface area contributed by atoms with Gasteiger partial charge in [-0.3, -0.25) is 15.6 Å². The lowest BCUT2D eigenvalue weighted by molar-refractivity contribution is 0.0935. The minimum atomic E-state index is -0.215. The van der Waals surface area contributed by atoms with Gasteiger partial charge in [0.15, 0.2) is 0 Å². The van der Waals surface area contributed by atoms with Gasteiger partial charge in [-0.15, -0.1) is 11.3 Å². The van der Waals surface area contributed by atoms with Gasteiger partial charge in [-0.05, 0) is 30.5 Å². The highest BCUT2D eigenvalue weighted by molar-refractivity contribution is 7.10. The highest BCUT2D eigenvalue weighted by Crippen LogP contribution is 2.18. The fourth-order valence-corrected chi connectivity index (χ4v) is 2.26. The number of hydrogen-bond acceptors (Lipinski definition) is 5. The average Bonchev–Trinajstić information content (AvgIpc) is 2.92. The first-order valence-corrected chi connectivity index (χ1v) is 6.35. The van der Waals surface area contributed by atoms with Crippen LogP contribution in [0, 0.1) is 0 Å². The van der Waals surface area contributed by atoms with Crippen molar-refractivity contribution in [1.82, 2.24) is 10.3 Å². The number of thiophene rings is 1. The molecule has 0 saturated heterocycles. The third kappa shape index (κ3) is 2.85. The van der Waals surface area contributed by atoms with Crippen LogP contribution in [0.1, 0.15) is 28.3 Å². The van der Waals surface area contributed by atoms with Gasteiger partial charge in [-0.25, -0.2) is 0 Å². The molecule has 94 valence electrons. The molecule has 0 aliphatic heterocycles. The van der Waals surface area contributed by atoms with E-state index >= 15 is 0 Å². The monoisotopic (exact) mass is 262 g/mol. The van der Waals surface area contributed by atoms with Crippen LogP contribution in [0.4, 0.5) is 5.69 Å². The van der Waals surface area contributed by atoms with Crippen molar-refractivity contribution in [3.05, 3.63) is 46.4 Å². The number of nitrogens with one attached hydrogen (secondary N) is 2. The molecule has 1 amide bonds. The number of nitrogens with zero attached hydrogens (tertiary/aromatic N) is 1. The first-order chi connectivity index (χ1) is 8.70. The van der Waals surface area contributed by atoms with Gasteiger partial charge in [-0.2, -0.15) is 0 Å². The van der Waals surface area contributed by atoms with Crippen LogP contribution >= 0.6 is 11.3 Å². The van der Waals surface area contributed by atoms with E-state index in [1.165, 1.54) is 0 Å². The van der Waals surface area contributed by atoms with Gasteiger partial charge in [0, 0.05) is 11.1 Å². The van der Waals surface area contributed by atoms with E-state index in [2.05, 4.69) is 15.7 Å². The molecular formula is C12H14N4OS. The molecule has 2 aromatic rings. The van der Waals surface area contributed by atoms with Crippen LogP contribution in [0.3, 0.4) is 0 Å². The van der Waals surface area contributed by atoms with Crippen LogP contribution in [0.2, 0.25) is 0 Å². The van der Waals surface area contributed by atoms with Gasteiger partial charge < -0.3 is 10.7 Å². The van der Waals surface area contributed by atoms with Crippen molar-refractivity contribution < 1.29 is 4.79 Å². The Morgan fingerprint density at radius 3 is 3.00 bits per heavy atom. The Morgan fingerprint density at radius 1 is 1.50 bits per heavy atom. The van der Waals surface area contributed by atoms with Gasteiger partial charge in [0.1, 0.15) is 5.69 Å². The molecule has 0 aliphatic carbocycles. The maximum atomic E-state index is 12.0. The zero-order chi connectivity index (χ0) is 13.0. The fraction of sp³-hybridized carbons (Fsp3) is 0.167. The van der Waals surface area contributed by atoms with E-state index in [4.69, 9.17) is 5.84 Å². The van der Waals surface area contributed by atoms with Gasteiger partial charge in [0.25, 0.3) is 5.91 Å². The van der Waals surface area contributed by atoms with Crippen LogP contribution in [0.5, 0.6) is 0 Å². The quantitative estimate of drug-likeness (QED) is 0.581. The standard InChI is InChI=1S/C12H14N4OS/c1-8(11-3-2-6-18-11)15-12(17)10-7-9(16-13)4-5-14-10/h2-8H,13H2,1H3,(H,14,16)(H,15,17). The summed E-state index contributed by atoms with van der Waals surface area (Å²) >= 11 is 1.61. The second kappa shape index (κ2) is 5.61. The van der Waals surface area contributed by atoms with E-state index in [0.717, 1.165) is 4.88 Å². The molecule has 0 saturated carbocycles. The summed E-state index contributed by atoms with van der Waals surface area (Å²) in [6, 6.07) is 7.21. The fourth-order valence-electron chi connectivity index (χ4n) is 1.52. The summed E-state index contributed by atoms with van der Waals surface area (Å²) in [5.74, 6) is 5.07. The van der Waals surface area contributed by atoms with Crippen molar-refractivity contribution in [2.75, 3.05) is 5.43 Å². The Labute approximate surface area is 109 Å². The highest BCUT2D eigenvalue weighted by atomic mass is 32.1. The van der Waals surface area contributed by atoms with E-state index in [1.807, 2.05) is 24.4 Å². The smallest absolute Gasteiger partial charge is 0.270 e. The van der Waals surface area contributed by atoms with Crippen molar-refractivity contribution in [3.63, 3.8) is 0 Å². The van der Waals surface area contributed by atoms with E-state index in [1.54, 1.807) is 29.7 Å². The minimum absolute atomic E-state index is 0.0335. The van der Waals surface area contributed by atoms with E-state index in [0.29, 0.717) is 11.4 Å². The maximum Gasteiger partial charge on any atom is 0.270 e. The molecule has 0 fully saturated rings. The number of rotatable bonds is 4. The number of aromatic nitrogens is 1. The lowest BCUT2D eigenvalue weighted by Gasteiger charge is -2.12. The molecule has 1 unspecified atom stereocenters. The number of amides is 1. The van der Waals surface area contributed by atoms with Gasteiger partial charge in [0.05, 0.1) is 11.7 Å². The number of nitrogens with two attached hydrogens (primary N) is 1. The Balaban J connectivity index is 2.07. The molecule has 0 aromatic carbocycles. The maximum absolute atomic E-state index is 12.0. The third-order valence-electron chi connectivity index (χ3n) is 2.48. The van der Waals surface area contributed by atoms with E-state index in [-0.39, 0.29) is 11.9 Å². The van der Waals surface area contributed by atoms with Crippen LogP contribution in [-0.4, -0.2) is 10.9 Å². The summed E-state index contributed by atoms with van der Waals surface area (Å²) < 4.78 is 0. The first kappa shape index (κ1) is 12.5. The zero-order valence-corrected chi connectivity index (χ0v) is 10.7. The molecule has 18 heavy (non-hydrogen) atoms. The first-order valence-electron chi connectivity index (χ1n) is 5.47. The number of anilines is 1. The number of hydrogen-bond donors (Lipinski definition) is 3. The van der Waals surface area contributed by atoms with E-state index in [9.17, 15) is 4.79 Å². The van der Waals surface area contributed by atoms with Crippen molar-refractivity contribution in [2.45, 2.75) is 13.0 Å². The molecule has 0 bridgehead atoms. The van der Waals surface area contributed by atoms with Crippen molar-refractivity contribution >= 4 is 22.9 Å². The number of nitrogen functional groups attached to an aromatic ring is 1. The largest absolute Gasteiger partial charge is 0.343 e. The summed E-state index contributed by atoms with van der Waals surface area (Å²) in [6.07, 6.45) is 1.54. The SMILES string of the molecule is CC(NC(=O)c1cc(NN)ccn1)c1cccs1. The Hall–Kier alpha value is -1.92. The minimum Gasteiger partial charge on any atom is -0.343 e. The molecule has 0 spiro atoms. The molecule has 0 aliphatic rings. The molecule has 5 nitrogen and oxygen atoms in total. The zero-order valence-electron chi connectivity index (χ0n) is 9.88. The summed E-state index contributed by atoms with van der Waals surface area (Å²) in [5.41, 5.74) is 3.48. The van der Waals surface area contributed by atoms with Crippen LogP contribution in [-0.2, 0) is 0 Å². The highest BCUT2D eigenvalue weighted by Gasteiger charge is 2.13. The lowest BCUT2D eigenvalue weighted by Crippen LogP contribution is -2.27. The number of carbonyl (C=O) groups is 1. The van der Waals surface area contributed by atoms with Crippen LogP contribution in [0.25, 0.3) is 0 Å². The van der Waals surface area contributed by atoms with Gasteiger partial charge >= 0.3 is 0 Å². The average molecular weight is 262 g/mol. The Kier molecular flexibility index (Phi) is 3.91. The molecule has 6 heteroatoms. The molecule has 1 atom stereocenters. The predicted molar refractivity (Wildman–Crippen MR) is 72.2 cm³/mol. The summed E-state index contributed by atoms with van der Waals surface area (Å²) in [4.78, 5) is 17.1. The summed E-state index contributed by atoms with van der Waals surface area (Å²) in [5, 5.41) is 4.87. The number of carbonyl (C=O) groups excluding carboxylic acids is 1. The van der Waals surface area contributed by atoms with Crippen molar-refractivity contribution in [3.8, 4) is 0 Å². The number of hydrazine groups is 1. The topological polar surface area (TPSA) is 80.0 Å². The van der Waals surface area contributed by atoms with Crippen LogP contribution < -0.4 is 16.6 Å². The molecule has 2 heterocycles. The summed E-state index contributed by atoms with van der Waals surface area (Å²) in [7, 11) is 0. The third-order valence-corrected chi connectivity index (χ3v) is 3.53. The van der Waals surface area contributed by atoms with Crippen molar-refractivity contribution in [2.24, 2.45) is 5.84 Å². The second-order valence-electron chi connectivity index (χ2n) is 3.78. The lowest BCUT2D eigenvalue weighted by atomic mass is 10.2. The Bertz CT molecular complexity index is 527.